The van der Waals surface area contributed by atoms with E-state index < -0.39 is 54.9 Å². The molecule has 318 valence electrons. The number of nitrogens with one attached hydrogen (secondary N) is 5. The number of carbonyl (C=O) groups is 5. The van der Waals surface area contributed by atoms with Gasteiger partial charge in [0.2, 0.25) is 28.8 Å². The second-order valence-corrected chi connectivity index (χ2v) is 15.5. The van der Waals surface area contributed by atoms with E-state index in [0.29, 0.717) is 33.1 Å². The molecule has 0 unspecified atom stereocenters. The van der Waals surface area contributed by atoms with Crippen LogP contribution in [0.3, 0.4) is 0 Å². The van der Waals surface area contributed by atoms with Gasteiger partial charge >= 0.3 is 6.09 Å². The van der Waals surface area contributed by atoms with E-state index in [2.05, 4.69) is 31.5 Å². The minimum absolute atomic E-state index is 0.00163. The summed E-state index contributed by atoms with van der Waals surface area (Å²) >= 11 is 6.15. The number of anilines is 2. The summed E-state index contributed by atoms with van der Waals surface area (Å²) in [7, 11) is 0. The van der Waals surface area contributed by atoms with Crippen LogP contribution in [-0.4, -0.2) is 70.2 Å². The van der Waals surface area contributed by atoms with Gasteiger partial charge in [-0.1, -0.05) is 114 Å². The van der Waals surface area contributed by atoms with Crippen molar-refractivity contribution in [3.8, 4) is 11.5 Å². The summed E-state index contributed by atoms with van der Waals surface area (Å²) in [6, 6.07) is 37.8. The Bertz CT molecular complexity index is 2470. The Labute approximate surface area is 366 Å². The standard InChI is InChI=1S/C45H43N7O8S2/c53-35-20-16-30(17-21-35)24-37(47-39(54)26-46-44(58)60-29-33-12-6-2-7-13-33)41(56)48-38(25-31-18-22-36(23-19-31)59-28-32-10-4-1-5-11-32)42(57)52(34-14-8-3-9-15-34)27-40(55)49-43-50-51-45(61)62-43/h1-23,37-38,53H,24-29H2,(H,46,58)(H,47,54)(H,48,56)(H,51,61)(H,49,50,55)/t37-,38-/m0/s1. The number of phenols is 1. The number of nitrogens with zero attached hydrogens (tertiary/aromatic N) is 2. The number of benzene rings is 5. The molecule has 0 aliphatic rings. The molecule has 5 amide bonds. The highest BCUT2D eigenvalue weighted by Crippen LogP contribution is 2.20. The number of rotatable bonds is 19. The summed E-state index contributed by atoms with van der Waals surface area (Å²) in [6.45, 7) is -0.640. The number of para-hydroxylation sites is 1. The van der Waals surface area contributed by atoms with Crippen molar-refractivity contribution in [2.24, 2.45) is 0 Å². The molecule has 2 atom stereocenters. The fraction of sp³-hybridized carbons (Fsp3) is 0.178. The maximum Gasteiger partial charge on any atom is 0.407 e. The molecule has 0 spiro atoms. The van der Waals surface area contributed by atoms with Crippen LogP contribution >= 0.6 is 23.6 Å². The van der Waals surface area contributed by atoms with Crippen LogP contribution in [0.15, 0.2) is 140 Å². The van der Waals surface area contributed by atoms with Crippen molar-refractivity contribution in [3.63, 3.8) is 0 Å². The fourth-order valence-corrected chi connectivity index (χ4v) is 6.90. The van der Waals surface area contributed by atoms with Gasteiger partial charge in [-0.05, 0) is 70.9 Å². The van der Waals surface area contributed by atoms with Gasteiger partial charge in [0.05, 0.1) is 0 Å². The highest BCUT2D eigenvalue weighted by Gasteiger charge is 2.32. The van der Waals surface area contributed by atoms with E-state index in [1.807, 2.05) is 36.4 Å². The van der Waals surface area contributed by atoms with Crippen molar-refractivity contribution >= 4 is 64.1 Å². The number of alkyl carbamates (subject to hydrolysis) is 1. The van der Waals surface area contributed by atoms with Crippen molar-refractivity contribution in [3.05, 3.63) is 166 Å². The number of amides is 5. The second-order valence-electron chi connectivity index (χ2n) is 13.8. The van der Waals surface area contributed by atoms with E-state index in [-0.39, 0.29) is 30.3 Å². The Kier molecular flexibility index (Phi) is 15.9. The van der Waals surface area contributed by atoms with Crippen molar-refractivity contribution in [1.82, 2.24) is 26.1 Å². The molecule has 6 N–H and O–H groups in total. The van der Waals surface area contributed by atoms with Gasteiger partial charge in [0.15, 0.2) is 3.95 Å². The number of aromatic hydroxyl groups is 1. The van der Waals surface area contributed by atoms with E-state index >= 15 is 0 Å². The first-order chi connectivity index (χ1) is 30.1. The van der Waals surface area contributed by atoms with E-state index in [4.69, 9.17) is 21.7 Å². The molecule has 0 fully saturated rings. The first-order valence-electron chi connectivity index (χ1n) is 19.4. The van der Waals surface area contributed by atoms with Gasteiger partial charge in [0.1, 0.15) is 49.9 Å². The summed E-state index contributed by atoms with van der Waals surface area (Å²) in [5.74, 6) is -2.05. The largest absolute Gasteiger partial charge is 0.508 e. The fourth-order valence-electron chi connectivity index (χ4n) is 6.10. The summed E-state index contributed by atoms with van der Waals surface area (Å²) < 4.78 is 11.5. The highest BCUT2D eigenvalue weighted by molar-refractivity contribution is 7.73. The minimum atomic E-state index is -1.27. The van der Waals surface area contributed by atoms with Crippen LogP contribution in [0.5, 0.6) is 11.5 Å². The zero-order valence-corrected chi connectivity index (χ0v) is 34.8. The van der Waals surface area contributed by atoms with Gasteiger partial charge in [-0.3, -0.25) is 29.6 Å². The van der Waals surface area contributed by atoms with Crippen LogP contribution in [-0.2, 0) is 50.0 Å². The highest BCUT2D eigenvalue weighted by atomic mass is 32.1. The van der Waals surface area contributed by atoms with Crippen LogP contribution < -0.4 is 30.9 Å². The molecule has 0 saturated carbocycles. The summed E-state index contributed by atoms with van der Waals surface area (Å²) in [6.07, 6.45) is -0.914. The first kappa shape index (κ1) is 44.2. The zero-order valence-electron chi connectivity index (χ0n) is 33.2. The van der Waals surface area contributed by atoms with Gasteiger partial charge in [-0.25, -0.2) is 4.79 Å². The SMILES string of the molecule is O=C(CN(C(=O)[C@H](Cc1ccc(OCc2ccccc2)cc1)NC(=O)[C@H](Cc1ccc(O)cc1)NC(=O)CNC(=O)OCc1ccccc1)c1ccccc1)Nc1n[nH]c(=S)s1. The zero-order chi connectivity index (χ0) is 43.7. The third-order valence-corrected chi connectivity index (χ3v) is 10.2. The lowest BCUT2D eigenvalue weighted by molar-refractivity contribution is -0.131. The number of hydrogen-bond acceptors (Lipinski definition) is 11. The van der Waals surface area contributed by atoms with Crippen LogP contribution in [0.2, 0.25) is 0 Å². The lowest BCUT2D eigenvalue weighted by Crippen LogP contribution is -2.57. The van der Waals surface area contributed by atoms with Gasteiger partial charge < -0.3 is 35.4 Å². The van der Waals surface area contributed by atoms with Crippen LogP contribution in [0, 0.1) is 3.95 Å². The molecule has 0 aliphatic carbocycles. The summed E-state index contributed by atoms with van der Waals surface area (Å²) in [4.78, 5) is 69.5. The predicted molar refractivity (Wildman–Crippen MR) is 236 cm³/mol. The molecule has 5 aromatic carbocycles. The summed E-state index contributed by atoms with van der Waals surface area (Å²) in [5, 5.41) is 27.3. The maximum absolute atomic E-state index is 14.8. The van der Waals surface area contributed by atoms with E-state index in [1.165, 1.54) is 17.0 Å². The average Bonchev–Trinajstić information content (AvgIpc) is 3.71. The molecular weight excluding hydrogens is 831 g/mol. The number of aromatic nitrogens is 2. The molecule has 1 aromatic heterocycles. The lowest BCUT2D eigenvalue weighted by atomic mass is 10.0. The monoisotopic (exact) mass is 873 g/mol. The van der Waals surface area contributed by atoms with Gasteiger partial charge in [-0.15, -0.1) is 5.10 Å². The molecule has 0 radical (unpaired) electrons. The molecule has 62 heavy (non-hydrogen) atoms. The summed E-state index contributed by atoms with van der Waals surface area (Å²) in [5.41, 5.74) is 3.36. The van der Waals surface area contributed by atoms with Crippen molar-refractivity contribution in [2.45, 2.75) is 38.1 Å². The third-order valence-electron chi connectivity index (χ3n) is 9.18. The Balaban J connectivity index is 1.23. The molecule has 0 aliphatic heterocycles. The molecule has 15 nitrogen and oxygen atoms in total. The molecule has 1 heterocycles. The van der Waals surface area contributed by atoms with Gasteiger partial charge in [0.25, 0.3) is 0 Å². The molecule has 6 aromatic rings. The Morgan fingerprint density at radius 3 is 1.89 bits per heavy atom. The first-order valence-corrected chi connectivity index (χ1v) is 20.6. The van der Waals surface area contributed by atoms with Crippen molar-refractivity contribution in [1.29, 1.82) is 0 Å². The van der Waals surface area contributed by atoms with Crippen LogP contribution in [0.4, 0.5) is 15.6 Å². The smallest absolute Gasteiger partial charge is 0.407 e. The molecule has 17 heteroatoms. The molecular formula is C45H43N7O8S2. The number of carbonyl (C=O) groups excluding carboxylic acids is 5. The Morgan fingerprint density at radius 1 is 0.694 bits per heavy atom. The van der Waals surface area contributed by atoms with E-state index in [0.717, 1.165) is 22.5 Å². The van der Waals surface area contributed by atoms with Gasteiger partial charge in [0, 0.05) is 18.5 Å². The van der Waals surface area contributed by atoms with E-state index in [1.54, 1.807) is 91.0 Å². The lowest BCUT2D eigenvalue weighted by Gasteiger charge is -2.29. The van der Waals surface area contributed by atoms with E-state index in [9.17, 15) is 29.1 Å². The molecule has 0 saturated heterocycles. The Morgan fingerprint density at radius 2 is 1.27 bits per heavy atom. The van der Waals surface area contributed by atoms with Crippen LogP contribution in [0.1, 0.15) is 22.3 Å². The van der Waals surface area contributed by atoms with Crippen molar-refractivity contribution < 1.29 is 38.6 Å². The number of hydrogen-bond donors (Lipinski definition) is 6. The van der Waals surface area contributed by atoms with Crippen LogP contribution in [0.25, 0.3) is 0 Å². The number of H-pyrrole nitrogens is 1. The van der Waals surface area contributed by atoms with Gasteiger partial charge in [-0.2, -0.15) is 0 Å². The average molecular weight is 874 g/mol. The second kappa shape index (κ2) is 22.3. The Hall–Kier alpha value is -7.37. The third kappa shape index (κ3) is 13.9. The molecule has 0 bridgehead atoms. The minimum Gasteiger partial charge on any atom is -0.508 e. The quantitative estimate of drug-likeness (QED) is 0.0537. The number of phenolic OH excluding ortho intramolecular Hbond substituents is 1. The predicted octanol–water partition coefficient (Wildman–Crippen LogP) is 5.84. The normalized spacial score (nSPS) is 11.6. The number of aromatic amines is 1. The topological polar surface area (TPSA) is 204 Å². The molecule has 6 rings (SSSR count). The maximum atomic E-state index is 14.8. The number of ether oxygens (including phenoxy) is 2. The van der Waals surface area contributed by atoms with Crippen molar-refractivity contribution in [2.75, 3.05) is 23.3 Å².